The Bertz CT molecular complexity index is 787. The fourth-order valence-electron chi connectivity index (χ4n) is 8.27. The Balaban J connectivity index is 1.22. The Morgan fingerprint density at radius 3 is 1.81 bits per heavy atom. The van der Waals surface area contributed by atoms with Crippen LogP contribution in [0.3, 0.4) is 0 Å². The SMILES string of the molecule is NC(=O)[C@@H]1CC[C@@H]2CC[C@H]1N2C(=O)[C@@H]1CC[C@@H]2CC[C@H]1N2C(=O)[C@@H]1CC[C@H]2CC[C@@H]1N2. The largest absolute Gasteiger partial charge is 0.369 e. The van der Waals surface area contributed by atoms with Crippen molar-refractivity contribution in [1.82, 2.24) is 15.1 Å². The monoisotopic (exact) mass is 428 g/mol. The first-order chi connectivity index (χ1) is 15.0. The van der Waals surface area contributed by atoms with Crippen molar-refractivity contribution >= 4 is 17.7 Å². The first-order valence-corrected chi connectivity index (χ1v) is 12.7. The summed E-state index contributed by atoms with van der Waals surface area (Å²) in [6, 6.07) is 1.54. The number of hydrogen-bond donors (Lipinski definition) is 2. The number of fused-ring (bicyclic) bond motifs is 6. The molecular weight excluding hydrogens is 392 g/mol. The molecule has 0 unspecified atom stereocenters. The van der Waals surface area contributed by atoms with Crippen molar-refractivity contribution in [1.29, 1.82) is 0 Å². The molecule has 0 spiro atoms. The van der Waals surface area contributed by atoms with Gasteiger partial charge in [-0.05, 0) is 77.0 Å². The molecule has 6 aliphatic heterocycles. The number of primary amides is 1. The molecule has 7 heteroatoms. The lowest BCUT2D eigenvalue weighted by molar-refractivity contribution is -0.152. The Kier molecular flexibility index (Phi) is 4.82. The van der Waals surface area contributed by atoms with Crippen LogP contribution in [0.4, 0.5) is 0 Å². The third-order valence-corrected chi connectivity index (χ3v) is 9.74. The minimum atomic E-state index is -0.260. The summed E-state index contributed by atoms with van der Waals surface area (Å²) < 4.78 is 0. The van der Waals surface area contributed by atoms with Crippen LogP contribution >= 0.6 is 0 Å². The number of rotatable bonds is 3. The molecule has 3 N–H and O–H groups in total. The lowest BCUT2D eigenvalue weighted by Crippen LogP contribution is -2.59. The smallest absolute Gasteiger partial charge is 0.228 e. The van der Waals surface area contributed by atoms with Crippen LogP contribution in [0.25, 0.3) is 0 Å². The van der Waals surface area contributed by atoms with E-state index in [0.717, 1.165) is 70.6 Å². The second kappa shape index (κ2) is 7.46. The van der Waals surface area contributed by atoms with Crippen molar-refractivity contribution in [2.24, 2.45) is 23.5 Å². The van der Waals surface area contributed by atoms with Gasteiger partial charge in [0.05, 0.1) is 17.8 Å². The van der Waals surface area contributed by atoms with Gasteiger partial charge in [0.15, 0.2) is 0 Å². The highest BCUT2D eigenvalue weighted by atomic mass is 16.2. The average molecular weight is 429 g/mol. The van der Waals surface area contributed by atoms with Crippen LogP contribution in [0.5, 0.6) is 0 Å². The van der Waals surface area contributed by atoms with Crippen molar-refractivity contribution in [3.8, 4) is 0 Å². The molecule has 0 aromatic rings. The molecule has 6 aliphatic rings. The minimum Gasteiger partial charge on any atom is -0.369 e. The predicted molar refractivity (Wildman–Crippen MR) is 115 cm³/mol. The topological polar surface area (TPSA) is 95.7 Å². The molecule has 0 saturated carbocycles. The maximum Gasteiger partial charge on any atom is 0.228 e. The van der Waals surface area contributed by atoms with Gasteiger partial charge < -0.3 is 20.9 Å². The normalized spacial score (nSPS) is 45.7. The first-order valence-electron chi connectivity index (χ1n) is 12.7. The summed E-state index contributed by atoms with van der Waals surface area (Å²) in [4.78, 5) is 43.8. The fourth-order valence-corrected chi connectivity index (χ4v) is 8.27. The van der Waals surface area contributed by atoms with Crippen LogP contribution in [0, 0.1) is 17.8 Å². The Morgan fingerprint density at radius 2 is 1.13 bits per heavy atom. The molecule has 3 amide bonds. The molecular formula is C24H36N4O3. The summed E-state index contributed by atoms with van der Waals surface area (Å²) in [5.74, 6) is 0.0170. The highest BCUT2D eigenvalue weighted by molar-refractivity contribution is 5.86. The summed E-state index contributed by atoms with van der Waals surface area (Å²) in [6.45, 7) is 0. The van der Waals surface area contributed by atoms with E-state index in [0.29, 0.717) is 24.0 Å². The molecule has 6 heterocycles. The van der Waals surface area contributed by atoms with E-state index < -0.39 is 0 Å². The number of carbonyl (C=O) groups is 3. The summed E-state index contributed by atoms with van der Waals surface area (Å²) in [7, 11) is 0. The average Bonchev–Trinajstić information content (AvgIpc) is 3.38. The molecule has 6 saturated heterocycles. The van der Waals surface area contributed by atoms with Crippen LogP contribution in [0.2, 0.25) is 0 Å². The zero-order valence-electron chi connectivity index (χ0n) is 18.4. The van der Waals surface area contributed by atoms with Crippen molar-refractivity contribution in [3.63, 3.8) is 0 Å². The van der Waals surface area contributed by atoms with Gasteiger partial charge in [-0.25, -0.2) is 0 Å². The van der Waals surface area contributed by atoms with Gasteiger partial charge in [-0.2, -0.15) is 0 Å². The molecule has 0 aromatic carbocycles. The van der Waals surface area contributed by atoms with E-state index in [1.807, 2.05) is 0 Å². The van der Waals surface area contributed by atoms with Crippen LogP contribution < -0.4 is 11.1 Å². The van der Waals surface area contributed by atoms with E-state index in [9.17, 15) is 14.4 Å². The Hall–Kier alpha value is -1.63. The number of piperidine rings is 3. The second-order valence-electron chi connectivity index (χ2n) is 11.1. The van der Waals surface area contributed by atoms with Gasteiger partial charge >= 0.3 is 0 Å². The Labute approximate surface area is 184 Å². The van der Waals surface area contributed by atoms with Crippen molar-refractivity contribution in [2.45, 2.75) is 113 Å². The predicted octanol–water partition coefficient (Wildman–Crippen LogP) is 1.54. The van der Waals surface area contributed by atoms with Gasteiger partial charge in [-0.1, -0.05) is 0 Å². The summed E-state index contributed by atoms with van der Waals surface area (Å²) in [5.41, 5.74) is 5.69. The molecule has 6 rings (SSSR count). The zero-order chi connectivity index (χ0) is 21.3. The van der Waals surface area contributed by atoms with Crippen molar-refractivity contribution < 1.29 is 14.4 Å². The van der Waals surface area contributed by atoms with Gasteiger partial charge in [0.1, 0.15) is 0 Å². The minimum absolute atomic E-state index is 0.0232. The maximum atomic E-state index is 13.9. The number of nitrogens with zero attached hydrogens (tertiary/aromatic N) is 2. The van der Waals surface area contributed by atoms with Crippen LogP contribution in [-0.4, -0.2) is 63.8 Å². The summed E-state index contributed by atoms with van der Waals surface area (Å²) >= 11 is 0. The van der Waals surface area contributed by atoms with E-state index in [4.69, 9.17) is 5.73 Å². The molecule has 6 fully saturated rings. The first kappa shape index (κ1) is 20.0. The summed E-state index contributed by atoms with van der Waals surface area (Å²) in [5, 5.41) is 3.66. The molecule has 0 radical (unpaired) electrons. The van der Waals surface area contributed by atoms with Gasteiger partial charge in [0, 0.05) is 36.3 Å². The molecule has 0 aromatic heterocycles. The van der Waals surface area contributed by atoms with Crippen molar-refractivity contribution in [2.75, 3.05) is 0 Å². The van der Waals surface area contributed by atoms with Crippen LogP contribution in [0.15, 0.2) is 0 Å². The van der Waals surface area contributed by atoms with Gasteiger partial charge in [0.25, 0.3) is 0 Å². The standard InChI is InChI=1S/C24H36N4O3/c25-22(29)17-8-3-14-5-11-20(17)27(14)24(31)18-9-4-15-6-12-21(18)28(15)23(30)16-7-1-13-2-10-19(16)26-13/h13-21,26H,1-12H2,(H2,25,29)/t13-,14+,15+,16+,17+,18+,19-,20+,21+/m0/s1. The highest BCUT2D eigenvalue weighted by Crippen LogP contribution is 2.46. The third-order valence-electron chi connectivity index (χ3n) is 9.74. The number of hydrogen-bond acceptors (Lipinski definition) is 4. The molecule has 6 bridgehead atoms. The lowest BCUT2D eigenvalue weighted by Gasteiger charge is -2.46. The number of carbonyl (C=O) groups excluding carboxylic acids is 3. The third kappa shape index (κ3) is 3.05. The van der Waals surface area contributed by atoms with E-state index in [2.05, 4.69) is 15.1 Å². The summed E-state index contributed by atoms with van der Waals surface area (Å²) in [6.07, 6.45) is 11.8. The zero-order valence-corrected chi connectivity index (χ0v) is 18.4. The van der Waals surface area contributed by atoms with E-state index in [1.165, 1.54) is 6.42 Å². The molecule has 9 atom stereocenters. The molecule has 31 heavy (non-hydrogen) atoms. The molecule has 170 valence electrons. The highest BCUT2D eigenvalue weighted by Gasteiger charge is 2.54. The van der Waals surface area contributed by atoms with Crippen LogP contribution in [0.1, 0.15) is 77.0 Å². The number of nitrogens with one attached hydrogen (secondary N) is 1. The van der Waals surface area contributed by atoms with E-state index in [-0.39, 0.29) is 47.7 Å². The quantitative estimate of drug-likeness (QED) is 0.713. The number of amides is 3. The second-order valence-corrected chi connectivity index (χ2v) is 11.1. The maximum absolute atomic E-state index is 13.9. The Morgan fingerprint density at radius 1 is 0.613 bits per heavy atom. The molecule has 0 aliphatic carbocycles. The van der Waals surface area contributed by atoms with E-state index >= 15 is 0 Å². The molecule has 7 nitrogen and oxygen atoms in total. The van der Waals surface area contributed by atoms with Gasteiger partial charge in [-0.15, -0.1) is 0 Å². The number of nitrogens with two attached hydrogens (primary N) is 1. The van der Waals surface area contributed by atoms with Gasteiger partial charge in [-0.3, -0.25) is 14.4 Å². The van der Waals surface area contributed by atoms with E-state index in [1.54, 1.807) is 0 Å². The van der Waals surface area contributed by atoms with Gasteiger partial charge in [0.2, 0.25) is 17.7 Å². The fraction of sp³-hybridized carbons (Fsp3) is 0.875. The lowest BCUT2D eigenvalue weighted by atomic mass is 9.83. The van der Waals surface area contributed by atoms with Crippen molar-refractivity contribution in [3.05, 3.63) is 0 Å². The van der Waals surface area contributed by atoms with Crippen LogP contribution in [-0.2, 0) is 14.4 Å².